The number of aromatic amines is 1. The molecule has 2 rings (SSSR count). The van der Waals surface area contributed by atoms with Crippen LogP contribution in [0.15, 0.2) is 27.5 Å². The van der Waals surface area contributed by atoms with E-state index in [1.165, 1.54) is 12.1 Å². The average Bonchev–Trinajstić information content (AvgIpc) is 2.29. The van der Waals surface area contributed by atoms with Crippen LogP contribution in [0.3, 0.4) is 0 Å². The first-order valence-electron chi connectivity index (χ1n) is 4.74. The molecule has 1 aromatic carbocycles. The number of hydrogen-bond acceptors (Lipinski definition) is 3. The van der Waals surface area contributed by atoms with E-state index in [0.29, 0.717) is 15.7 Å². The molecule has 0 aliphatic heterocycles. The molecule has 0 unspecified atom stereocenters. The largest absolute Gasteiger partial charge is 0.505 e. The van der Waals surface area contributed by atoms with Gasteiger partial charge in [-0.15, -0.1) is 0 Å². The second kappa shape index (κ2) is 4.29. The highest BCUT2D eigenvalue weighted by Crippen LogP contribution is 2.22. The van der Waals surface area contributed by atoms with Crippen molar-refractivity contribution in [1.29, 1.82) is 0 Å². The topological polar surface area (TPSA) is 66.0 Å². The second-order valence-corrected chi connectivity index (χ2v) is 4.27. The van der Waals surface area contributed by atoms with Gasteiger partial charge in [0.2, 0.25) is 0 Å². The third-order valence-corrected chi connectivity index (χ3v) is 3.18. The Balaban J connectivity index is 2.61. The molecular formula is C11H8BrFN2O2. The van der Waals surface area contributed by atoms with Crippen LogP contribution in [0.2, 0.25) is 0 Å². The number of phenols is 1. The molecule has 0 saturated heterocycles. The van der Waals surface area contributed by atoms with Gasteiger partial charge in [-0.25, -0.2) is 9.37 Å². The number of hydrogen-bond donors (Lipinski definition) is 2. The van der Waals surface area contributed by atoms with E-state index in [4.69, 9.17) is 5.11 Å². The summed E-state index contributed by atoms with van der Waals surface area (Å²) in [6, 6.07) is 3.80. The molecule has 2 aromatic rings. The summed E-state index contributed by atoms with van der Waals surface area (Å²) in [6.45, 7) is 1.67. The Hall–Kier alpha value is -1.69. The van der Waals surface area contributed by atoms with Crippen molar-refractivity contribution in [2.24, 2.45) is 0 Å². The van der Waals surface area contributed by atoms with Crippen LogP contribution in [-0.4, -0.2) is 15.1 Å². The lowest BCUT2D eigenvalue weighted by atomic mass is 10.2. The number of nitrogens with zero attached hydrogens (tertiary/aromatic N) is 1. The van der Waals surface area contributed by atoms with Crippen molar-refractivity contribution >= 4 is 15.9 Å². The summed E-state index contributed by atoms with van der Waals surface area (Å²) in [5.41, 5.74) is 0.575. The lowest BCUT2D eigenvalue weighted by Gasteiger charge is -2.04. The van der Waals surface area contributed by atoms with Gasteiger partial charge >= 0.3 is 0 Å². The molecule has 6 heteroatoms. The molecule has 0 amide bonds. The minimum Gasteiger partial charge on any atom is -0.505 e. The van der Waals surface area contributed by atoms with Crippen molar-refractivity contribution in [3.8, 4) is 17.1 Å². The van der Waals surface area contributed by atoms with Crippen LogP contribution in [0.1, 0.15) is 5.69 Å². The third-order valence-electron chi connectivity index (χ3n) is 2.25. The van der Waals surface area contributed by atoms with Crippen LogP contribution >= 0.6 is 15.9 Å². The smallest absolute Gasteiger partial charge is 0.265 e. The molecule has 1 heterocycles. The van der Waals surface area contributed by atoms with E-state index >= 15 is 0 Å². The average molecular weight is 299 g/mol. The Morgan fingerprint density at radius 3 is 2.76 bits per heavy atom. The van der Waals surface area contributed by atoms with Crippen molar-refractivity contribution < 1.29 is 9.50 Å². The van der Waals surface area contributed by atoms with Crippen LogP contribution in [0.25, 0.3) is 11.4 Å². The van der Waals surface area contributed by atoms with Crippen LogP contribution in [0, 0.1) is 12.7 Å². The van der Waals surface area contributed by atoms with Gasteiger partial charge in [0, 0.05) is 5.56 Å². The molecule has 1 aromatic heterocycles. The van der Waals surface area contributed by atoms with Gasteiger partial charge in [0.15, 0.2) is 11.6 Å². The first-order valence-corrected chi connectivity index (χ1v) is 5.53. The van der Waals surface area contributed by atoms with Crippen molar-refractivity contribution in [2.75, 3.05) is 0 Å². The molecule has 0 aliphatic rings. The van der Waals surface area contributed by atoms with Gasteiger partial charge in [0.05, 0.1) is 5.69 Å². The van der Waals surface area contributed by atoms with Crippen LogP contribution in [0.5, 0.6) is 5.75 Å². The second-order valence-electron chi connectivity index (χ2n) is 3.48. The zero-order valence-electron chi connectivity index (χ0n) is 8.79. The zero-order valence-corrected chi connectivity index (χ0v) is 10.4. The molecular weight excluding hydrogens is 291 g/mol. The summed E-state index contributed by atoms with van der Waals surface area (Å²) in [5, 5.41) is 9.07. The Labute approximate surface area is 104 Å². The van der Waals surface area contributed by atoms with Gasteiger partial charge in [0.25, 0.3) is 5.56 Å². The summed E-state index contributed by atoms with van der Waals surface area (Å²) in [5.74, 6) is -0.940. The molecule has 88 valence electrons. The Kier molecular flexibility index (Phi) is 2.97. The third kappa shape index (κ3) is 2.21. The highest BCUT2D eigenvalue weighted by Gasteiger charge is 2.09. The highest BCUT2D eigenvalue weighted by molar-refractivity contribution is 9.10. The van der Waals surface area contributed by atoms with Gasteiger partial charge in [-0.05, 0) is 41.1 Å². The van der Waals surface area contributed by atoms with Gasteiger partial charge in [0.1, 0.15) is 10.3 Å². The first kappa shape index (κ1) is 11.8. The fourth-order valence-electron chi connectivity index (χ4n) is 1.36. The molecule has 17 heavy (non-hydrogen) atoms. The predicted molar refractivity (Wildman–Crippen MR) is 64.4 cm³/mol. The van der Waals surface area contributed by atoms with Crippen molar-refractivity contribution in [3.05, 3.63) is 44.5 Å². The summed E-state index contributed by atoms with van der Waals surface area (Å²) in [7, 11) is 0. The molecule has 4 nitrogen and oxygen atoms in total. The van der Waals surface area contributed by atoms with E-state index in [1.807, 2.05) is 0 Å². The fraction of sp³-hybridized carbons (Fsp3) is 0.0909. The van der Waals surface area contributed by atoms with Crippen LogP contribution in [0.4, 0.5) is 4.39 Å². The van der Waals surface area contributed by atoms with E-state index in [-0.39, 0.29) is 11.4 Å². The molecule has 2 N–H and O–H groups in total. The summed E-state index contributed by atoms with van der Waals surface area (Å²) >= 11 is 3.09. The SMILES string of the molecule is Cc1nc(-c2ccc(O)c(F)c2)[nH]c(=O)c1Br. The predicted octanol–water partition coefficient (Wildman–Crippen LogP) is 2.35. The molecule has 0 radical (unpaired) electrons. The van der Waals surface area contributed by atoms with Crippen molar-refractivity contribution in [2.45, 2.75) is 6.92 Å². The van der Waals surface area contributed by atoms with Crippen molar-refractivity contribution in [3.63, 3.8) is 0 Å². The molecule has 0 fully saturated rings. The molecule has 0 bridgehead atoms. The molecule has 0 aliphatic carbocycles. The van der Waals surface area contributed by atoms with Gasteiger partial charge in [-0.2, -0.15) is 0 Å². The van der Waals surface area contributed by atoms with Gasteiger partial charge in [-0.1, -0.05) is 0 Å². The Morgan fingerprint density at radius 2 is 2.18 bits per heavy atom. The standard InChI is InChI=1S/C11H8BrFN2O2/c1-5-9(12)11(17)15-10(14-5)6-2-3-8(16)7(13)4-6/h2-4,16H,1H3,(H,14,15,17). The number of nitrogens with one attached hydrogen (secondary N) is 1. The lowest BCUT2D eigenvalue weighted by molar-refractivity contribution is 0.432. The zero-order chi connectivity index (χ0) is 12.6. The van der Waals surface area contributed by atoms with Crippen LogP contribution in [-0.2, 0) is 0 Å². The minimum absolute atomic E-state index is 0.259. The maximum atomic E-state index is 13.2. The number of phenolic OH excluding ortho intramolecular Hbond substituents is 1. The summed E-state index contributed by atoms with van der Waals surface area (Å²) < 4.78 is 13.5. The summed E-state index contributed by atoms with van der Waals surface area (Å²) in [6.07, 6.45) is 0. The first-order chi connectivity index (χ1) is 7.99. The molecule has 0 spiro atoms. The van der Waals surface area contributed by atoms with E-state index in [9.17, 15) is 9.18 Å². The van der Waals surface area contributed by atoms with Gasteiger partial charge in [-0.3, -0.25) is 4.79 Å². The van der Waals surface area contributed by atoms with Crippen LogP contribution < -0.4 is 5.56 Å². The Bertz CT molecular complexity index is 640. The maximum Gasteiger partial charge on any atom is 0.265 e. The number of H-pyrrole nitrogens is 1. The summed E-state index contributed by atoms with van der Waals surface area (Å²) in [4.78, 5) is 18.1. The number of rotatable bonds is 1. The number of aryl methyl sites for hydroxylation is 1. The number of aromatic hydroxyl groups is 1. The van der Waals surface area contributed by atoms with E-state index in [1.54, 1.807) is 6.92 Å². The van der Waals surface area contributed by atoms with E-state index < -0.39 is 11.6 Å². The lowest BCUT2D eigenvalue weighted by Crippen LogP contribution is -2.11. The highest BCUT2D eigenvalue weighted by atomic mass is 79.9. The van der Waals surface area contributed by atoms with E-state index in [2.05, 4.69) is 25.9 Å². The monoisotopic (exact) mass is 298 g/mol. The van der Waals surface area contributed by atoms with Gasteiger partial charge < -0.3 is 10.1 Å². The number of aromatic nitrogens is 2. The normalized spacial score (nSPS) is 10.5. The van der Waals surface area contributed by atoms with E-state index in [0.717, 1.165) is 6.07 Å². The molecule has 0 atom stereocenters. The number of benzene rings is 1. The quantitative estimate of drug-likeness (QED) is 0.849. The fourth-order valence-corrected chi connectivity index (χ4v) is 1.55. The maximum absolute atomic E-state index is 13.2. The number of halogens is 2. The minimum atomic E-state index is -0.759. The molecule has 0 saturated carbocycles. The van der Waals surface area contributed by atoms with Crippen molar-refractivity contribution in [1.82, 2.24) is 9.97 Å². The Morgan fingerprint density at radius 1 is 1.47 bits per heavy atom.